The molecule has 0 heterocycles. The fourth-order valence-corrected chi connectivity index (χ4v) is 2.63. The van der Waals surface area contributed by atoms with Gasteiger partial charge in [-0.2, -0.15) is 5.26 Å². The Labute approximate surface area is 124 Å². The van der Waals surface area contributed by atoms with Gasteiger partial charge >= 0.3 is 0 Å². The van der Waals surface area contributed by atoms with E-state index in [2.05, 4.69) is 10.6 Å². The summed E-state index contributed by atoms with van der Waals surface area (Å²) in [6.07, 6.45) is 4.51. The minimum Gasteiger partial charge on any atom is -0.373 e. The normalized spacial score (nSPS) is 16.4. The van der Waals surface area contributed by atoms with Crippen LogP contribution >= 0.6 is 11.6 Å². The summed E-state index contributed by atoms with van der Waals surface area (Å²) in [6.45, 7) is 1.80. The molecule has 0 aromatic heterocycles. The van der Waals surface area contributed by atoms with Gasteiger partial charge in [-0.3, -0.25) is 4.79 Å². The molecule has 20 heavy (non-hydrogen) atoms. The van der Waals surface area contributed by atoms with Gasteiger partial charge in [0, 0.05) is 6.04 Å². The summed E-state index contributed by atoms with van der Waals surface area (Å²) < 4.78 is 0. The molecule has 0 radical (unpaired) electrons. The van der Waals surface area contributed by atoms with E-state index < -0.39 is 0 Å². The van der Waals surface area contributed by atoms with Crippen molar-refractivity contribution in [1.29, 1.82) is 5.26 Å². The molecule has 0 bridgehead atoms. The van der Waals surface area contributed by atoms with Crippen LogP contribution in [0.1, 0.15) is 38.2 Å². The predicted molar refractivity (Wildman–Crippen MR) is 79.7 cm³/mol. The number of nitrogens with zero attached hydrogens (tertiary/aromatic N) is 1. The monoisotopic (exact) mass is 291 g/mol. The third-order valence-electron chi connectivity index (χ3n) is 3.57. The van der Waals surface area contributed by atoms with Crippen molar-refractivity contribution in [2.24, 2.45) is 0 Å². The van der Waals surface area contributed by atoms with Crippen LogP contribution in [0.25, 0.3) is 0 Å². The Morgan fingerprint density at radius 1 is 1.45 bits per heavy atom. The summed E-state index contributed by atoms with van der Waals surface area (Å²) >= 11 is 6.08. The minimum atomic E-state index is -0.360. The Kier molecular flexibility index (Phi) is 4.86. The highest BCUT2D eigenvalue weighted by Crippen LogP contribution is 2.23. The second-order valence-electron chi connectivity index (χ2n) is 5.16. The molecule has 1 aliphatic rings. The van der Waals surface area contributed by atoms with Crippen molar-refractivity contribution in [3.05, 3.63) is 28.8 Å². The molecule has 4 nitrogen and oxygen atoms in total. The van der Waals surface area contributed by atoms with Gasteiger partial charge in [0.25, 0.3) is 0 Å². The van der Waals surface area contributed by atoms with Gasteiger partial charge in [0.2, 0.25) is 5.91 Å². The molecular weight excluding hydrogens is 274 g/mol. The van der Waals surface area contributed by atoms with E-state index in [9.17, 15) is 4.79 Å². The lowest BCUT2D eigenvalue weighted by Crippen LogP contribution is -2.42. The average molecular weight is 292 g/mol. The van der Waals surface area contributed by atoms with Crippen LogP contribution in [-0.2, 0) is 4.79 Å². The van der Waals surface area contributed by atoms with E-state index in [1.54, 1.807) is 25.1 Å². The molecule has 106 valence electrons. The highest BCUT2D eigenvalue weighted by Gasteiger charge is 2.20. The van der Waals surface area contributed by atoms with Crippen molar-refractivity contribution >= 4 is 23.2 Å². The van der Waals surface area contributed by atoms with Crippen LogP contribution in [0.3, 0.4) is 0 Å². The maximum Gasteiger partial charge on any atom is 0.242 e. The number of anilines is 1. The topological polar surface area (TPSA) is 64.9 Å². The van der Waals surface area contributed by atoms with Crippen molar-refractivity contribution in [2.75, 3.05) is 5.32 Å². The van der Waals surface area contributed by atoms with Crippen molar-refractivity contribution in [1.82, 2.24) is 5.32 Å². The summed E-state index contributed by atoms with van der Waals surface area (Å²) in [5, 5.41) is 15.4. The fourth-order valence-electron chi connectivity index (χ4n) is 2.40. The first kappa shape index (κ1) is 14.7. The lowest BCUT2D eigenvalue weighted by molar-refractivity contribution is -0.122. The minimum absolute atomic E-state index is 0.0164. The van der Waals surface area contributed by atoms with E-state index in [1.807, 2.05) is 6.07 Å². The van der Waals surface area contributed by atoms with Crippen molar-refractivity contribution < 1.29 is 4.79 Å². The largest absolute Gasteiger partial charge is 0.373 e. The van der Waals surface area contributed by atoms with Gasteiger partial charge in [-0.15, -0.1) is 0 Å². The zero-order valence-corrected chi connectivity index (χ0v) is 12.2. The van der Waals surface area contributed by atoms with Crippen LogP contribution in [0.15, 0.2) is 18.2 Å². The van der Waals surface area contributed by atoms with E-state index in [-0.39, 0.29) is 11.9 Å². The van der Waals surface area contributed by atoms with Gasteiger partial charge in [0.15, 0.2) is 0 Å². The standard InChI is InChI=1S/C15H18ClN3O/c1-10(15(20)19-12-4-2-3-5-12)18-14-7-6-11(9-17)8-13(14)16/h6-8,10,12,18H,2-5H2,1H3,(H,19,20). The Balaban J connectivity index is 1.94. The molecule has 1 aliphatic carbocycles. The smallest absolute Gasteiger partial charge is 0.242 e. The molecule has 1 aromatic carbocycles. The van der Waals surface area contributed by atoms with Gasteiger partial charge in [-0.05, 0) is 38.0 Å². The first-order chi connectivity index (χ1) is 9.60. The van der Waals surface area contributed by atoms with Gasteiger partial charge in [0.1, 0.15) is 6.04 Å². The Hall–Kier alpha value is -1.73. The number of carbonyl (C=O) groups excluding carboxylic acids is 1. The van der Waals surface area contributed by atoms with Crippen molar-refractivity contribution in [2.45, 2.75) is 44.7 Å². The van der Waals surface area contributed by atoms with E-state index in [4.69, 9.17) is 16.9 Å². The lowest BCUT2D eigenvalue weighted by atomic mass is 10.2. The molecule has 5 heteroatoms. The molecule has 1 aromatic rings. The molecular formula is C15H18ClN3O. The molecule has 0 saturated heterocycles. The SMILES string of the molecule is CC(Nc1ccc(C#N)cc1Cl)C(=O)NC1CCCC1. The molecule has 1 unspecified atom stereocenters. The molecule has 1 amide bonds. The molecule has 1 atom stereocenters. The second kappa shape index (κ2) is 6.62. The molecule has 2 N–H and O–H groups in total. The number of hydrogen-bond acceptors (Lipinski definition) is 3. The third kappa shape index (κ3) is 3.64. The van der Waals surface area contributed by atoms with E-state index in [0.717, 1.165) is 12.8 Å². The maximum atomic E-state index is 12.1. The van der Waals surface area contributed by atoms with Gasteiger partial charge in [0.05, 0.1) is 22.3 Å². The van der Waals surface area contributed by atoms with Crippen LogP contribution < -0.4 is 10.6 Å². The molecule has 1 fully saturated rings. The highest BCUT2D eigenvalue weighted by atomic mass is 35.5. The van der Waals surface area contributed by atoms with E-state index in [1.165, 1.54) is 12.8 Å². The number of amides is 1. The number of benzene rings is 1. The van der Waals surface area contributed by atoms with E-state index >= 15 is 0 Å². The number of carbonyl (C=O) groups is 1. The molecule has 0 spiro atoms. The van der Waals surface area contributed by atoms with Gasteiger partial charge < -0.3 is 10.6 Å². The molecule has 2 rings (SSSR count). The number of nitrogens with one attached hydrogen (secondary N) is 2. The zero-order valence-electron chi connectivity index (χ0n) is 11.4. The second-order valence-corrected chi connectivity index (χ2v) is 5.57. The van der Waals surface area contributed by atoms with Crippen LogP contribution in [0.2, 0.25) is 5.02 Å². The number of hydrogen-bond donors (Lipinski definition) is 2. The summed E-state index contributed by atoms with van der Waals surface area (Å²) in [7, 11) is 0. The number of nitriles is 1. The summed E-state index contributed by atoms with van der Waals surface area (Å²) in [5.74, 6) is -0.0164. The number of rotatable bonds is 4. The summed E-state index contributed by atoms with van der Waals surface area (Å²) in [5.41, 5.74) is 1.17. The van der Waals surface area contributed by atoms with Crippen LogP contribution in [-0.4, -0.2) is 18.0 Å². The van der Waals surface area contributed by atoms with Crippen LogP contribution in [0, 0.1) is 11.3 Å². The lowest BCUT2D eigenvalue weighted by Gasteiger charge is -2.19. The van der Waals surface area contributed by atoms with E-state index in [0.29, 0.717) is 22.3 Å². The average Bonchev–Trinajstić information content (AvgIpc) is 2.93. The quantitative estimate of drug-likeness (QED) is 0.896. The fraction of sp³-hybridized carbons (Fsp3) is 0.467. The summed E-state index contributed by atoms with van der Waals surface area (Å²) in [4.78, 5) is 12.1. The van der Waals surface area contributed by atoms with Crippen LogP contribution in [0.5, 0.6) is 0 Å². The summed E-state index contributed by atoms with van der Waals surface area (Å²) in [6, 6.07) is 6.96. The molecule has 1 saturated carbocycles. The first-order valence-corrected chi connectivity index (χ1v) is 7.24. The third-order valence-corrected chi connectivity index (χ3v) is 3.88. The Morgan fingerprint density at radius 3 is 2.75 bits per heavy atom. The van der Waals surface area contributed by atoms with Crippen molar-refractivity contribution in [3.8, 4) is 6.07 Å². The Bertz CT molecular complexity index is 532. The Morgan fingerprint density at radius 2 is 2.15 bits per heavy atom. The predicted octanol–water partition coefficient (Wildman–Crippen LogP) is 3.07. The van der Waals surface area contributed by atoms with Crippen molar-refractivity contribution in [3.63, 3.8) is 0 Å². The number of halogens is 1. The zero-order chi connectivity index (χ0) is 14.5. The first-order valence-electron chi connectivity index (χ1n) is 6.86. The van der Waals surface area contributed by atoms with Crippen LogP contribution in [0.4, 0.5) is 5.69 Å². The van der Waals surface area contributed by atoms with Gasteiger partial charge in [-0.25, -0.2) is 0 Å². The highest BCUT2D eigenvalue weighted by molar-refractivity contribution is 6.33. The maximum absolute atomic E-state index is 12.1. The van der Waals surface area contributed by atoms with Gasteiger partial charge in [-0.1, -0.05) is 24.4 Å². The molecule has 0 aliphatic heterocycles.